The molecule has 2 atom stereocenters. The molecule has 106 valence electrons. The molecule has 1 aliphatic carbocycles. The molecule has 0 aliphatic heterocycles. The fourth-order valence-electron chi connectivity index (χ4n) is 1.87. The summed E-state index contributed by atoms with van der Waals surface area (Å²) in [7, 11) is 0. The predicted octanol–water partition coefficient (Wildman–Crippen LogP) is 1.39. The Morgan fingerprint density at radius 3 is 2.68 bits per heavy atom. The maximum absolute atomic E-state index is 13.3. The SMILES string of the molecule is OCCC(O)C(O)c1cc(F)ccc1OCC1CC1. The van der Waals surface area contributed by atoms with Gasteiger partial charge in [0.2, 0.25) is 0 Å². The number of hydrogen-bond acceptors (Lipinski definition) is 4. The summed E-state index contributed by atoms with van der Waals surface area (Å²) in [6.07, 6.45) is -0.120. The lowest BCUT2D eigenvalue weighted by molar-refractivity contribution is 0.00255. The second-order valence-electron chi connectivity index (χ2n) is 4.96. The van der Waals surface area contributed by atoms with Gasteiger partial charge in [-0.3, -0.25) is 0 Å². The van der Waals surface area contributed by atoms with E-state index in [1.807, 2.05) is 0 Å². The molecule has 4 nitrogen and oxygen atoms in total. The molecule has 0 aromatic heterocycles. The van der Waals surface area contributed by atoms with Crippen molar-refractivity contribution < 1.29 is 24.4 Å². The van der Waals surface area contributed by atoms with Gasteiger partial charge < -0.3 is 20.1 Å². The summed E-state index contributed by atoms with van der Waals surface area (Å²) in [6, 6.07) is 3.88. The Morgan fingerprint density at radius 1 is 1.32 bits per heavy atom. The third kappa shape index (κ3) is 3.89. The van der Waals surface area contributed by atoms with Gasteiger partial charge >= 0.3 is 0 Å². The van der Waals surface area contributed by atoms with Crippen LogP contribution >= 0.6 is 0 Å². The van der Waals surface area contributed by atoms with Crippen LogP contribution < -0.4 is 4.74 Å². The molecule has 1 aromatic rings. The predicted molar refractivity (Wildman–Crippen MR) is 67.3 cm³/mol. The van der Waals surface area contributed by atoms with Crippen LogP contribution in [0, 0.1) is 11.7 Å². The van der Waals surface area contributed by atoms with E-state index in [9.17, 15) is 14.6 Å². The zero-order chi connectivity index (χ0) is 13.8. The zero-order valence-corrected chi connectivity index (χ0v) is 10.6. The standard InChI is InChI=1S/C14H19FO4/c15-10-3-4-13(19-8-9-1-2-9)11(7-10)14(18)12(17)5-6-16/h3-4,7,9,12,14,16-18H,1-2,5-6,8H2. The van der Waals surface area contributed by atoms with E-state index in [1.165, 1.54) is 12.1 Å². The Labute approximate surface area is 111 Å². The van der Waals surface area contributed by atoms with Crippen LogP contribution in [0.2, 0.25) is 0 Å². The topological polar surface area (TPSA) is 69.9 Å². The number of hydrogen-bond donors (Lipinski definition) is 3. The van der Waals surface area contributed by atoms with Crippen LogP contribution in [-0.2, 0) is 0 Å². The Morgan fingerprint density at radius 2 is 2.05 bits per heavy atom. The molecule has 5 heteroatoms. The molecule has 2 rings (SSSR count). The zero-order valence-electron chi connectivity index (χ0n) is 10.6. The van der Waals surface area contributed by atoms with Crippen LogP contribution in [0.3, 0.4) is 0 Å². The van der Waals surface area contributed by atoms with Gasteiger partial charge in [-0.25, -0.2) is 4.39 Å². The fraction of sp³-hybridized carbons (Fsp3) is 0.571. The minimum Gasteiger partial charge on any atom is -0.493 e. The molecule has 0 radical (unpaired) electrons. The number of benzene rings is 1. The first kappa shape index (κ1) is 14.2. The van der Waals surface area contributed by atoms with E-state index in [4.69, 9.17) is 9.84 Å². The third-order valence-electron chi connectivity index (χ3n) is 3.25. The normalized spacial score (nSPS) is 18.1. The van der Waals surface area contributed by atoms with E-state index in [0.29, 0.717) is 18.3 Å². The molecule has 0 heterocycles. The fourth-order valence-corrected chi connectivity index (χ4v) is 1.87. The van der Waals surface area contributed by atoms with Gasteiger partial charge in [-0.05, 0) is 43.4 Å². The first-order valence-electron chi connectivity index (χ1n) is 6.51. The summed E-state index contributed by atoms with van der Waals surface area (Å²) in [5, 5.41) is 28.5. The molecule has 19 heavy (non-hydrogen) atoms. The first-order chi connectivity index (χ1) is 9.11. The molecule has 0 bridgehead atoms. The lowest BCUT2D eigenvalue weighted by atomic mass is 10.0. The largest absolute Gasteiger partial charge is 0.493 e. The van der Waals surface area contributed by atoms with Gasteiger partial charge in [0.15, 0.2) is 0 Å². The van der Waals surface area contributed by atoms with Gasteiger partial charge in [0.05, 0.1) is 12.7 Å². The van der Waals surface area contributed by atoms with Crippen molar-refractivity contribution >= 4 is 0 Å². The van der Waals surface area contributed by atoms with Crippen molar-refractivity contribution in [3.8, 4) is 5.75 Å². The lowest BCUT2D eigenvalue weighted by Gasteiger charge is -2.20. The highest BCUT2D eigenvalue weighted by Crippen LogP contribution is 2.33. The molecule has 0 saturated heterocycles. The lowest BCUT2D eigenvalue weighted by Crippen LogP contribution is -2.20. The average molecular weight is 270 g/mol. The van der Waals surface area contributed by atoms with E-state index >= 15 is 0 Å². The van der Waals surface area contributed by atoms with Crippen LogP contribution in [0.5, 0.6) is 5.75 Å². The highest BCUT2D eigenvalue weighted by molar-refractivity contribution is 5.36. The Bertz CT molecular complexity index is 420. The van der Waals surface area contributed by atoms with E-state index in [2.05, 4.69) is 0 Å². The molecule has 0 spiro atoms. The van der Waals surface area contributed by atoms with Gasteiger partial charge in [-0.2, -0.15) is 0 Å². The summed E-state index contributed by atoms with van der Waals surface area (Å²) in [4.78, 5) is 0. The van der Waals surface area contributed by atoms with Crippen molar-refractivity contribution in [2.75, 3.05) is 13.2 Å². The minimum absolute atomic E-state index is 0.0275. The summed E-state index contributed by atoms with van der Waals surface area (Å²) in [6.45, 7) is 0.299. The Balaban J connectivity index is 2.12. The molecule has 1 aliphatic rings. The molecule has 3 N–H and O–H groups in total. The van der Waals surface area contributed by atoms with E-state index < -0.39 is 18.0 Å². The maximum atomic E-state index is 13.3. The second-order valence-corrected chi connectivity index (χ2v) is 4.96. The number of aliphatic hydroxyl groups excluding tert-OH is 3. The maximum Gasteiger partial charge on any atom is 0.125 e. The Hall–Kier alpha value is -1.17. The number of ether oxygens (including phenoxy) is 1. The van der Waals surface area contributed by atoms with Crippen LogP contribution in [0.25, 0.3) is 0 Å². The van der Waals surface area contributed by atoms with Gasteiger partial charge in [0.1, 0.15) is 17.7 Å². The van der Waals surface area contributed by atoms with Crippen molar-refractivity contribution in [1.82, 2.24) is 0 Å². The smallest absolute Gasteiger partial charge is 0.125 e. The molecule has 2 unspecified atom stereocenters. The molecule has 1 fully saturated rings. The van der Waals surface area contributed by atoms with Crippen molar-refractivity contribution in [1.29, 1.82) is 0 Å². The summed E-state index contributed by atoms with van der Waals surface area (Å²) in [5.41, 5.74) is 0.224. The summed E-state index contributed by atoms with van der Waals surface area (Å²) in [5.74, 6) is 0.430. The average Bonchev–Trinajstić information content (AvgIpc) is 3.20. The van der Waals surface area contributed by atoms with Crippen molar-refractivity contribution in [3.63, 3.8) is 0 Å². The Kier molecular flexibility index (Phi) is 4.74. The van der Waals surface area contributed by atoms with Crippen LogP contribution in [0.4, 0.5) is 4.39 Å². The van der Waals surface area contributed by atoms with Gasteiger partial charge in [-0.1, -0.05) is 0 Å². The molecule has 1 aromatic carbocycles. The minimum atomic E-state index is -1.27. The van der Waals surface area contributed by atoms with Crippen LogP contribution in [0.15, 0.2) is 18.2 Å². The van der Waals surface area contributed by atoms with Crippen molar-refractivity contribution in [2.24, 2.45) is 5.92 Å². The van der Waals surface area contributed by atoms with Crippen LogP contribution in [-0.4, -0.2) is 34.6 Å². The van der Waals surface area contributed by atoms with Gasteiger partial charge in [-0.15, -0.1) is 0 Å². The van der Waals surface area contributed by atoms with Crippen LogP contribution in [0.1, 0.15) is 30.9 Å². The monoisotopic (exact) mass is 270 g/mol. The van der Waals surface area contributed by atoms with Gasteiger partial charge in [0, 0.05) is 12.2 Å². The summed E-state index contributed by atoms with van der Waals surface area (Å²) < 4.78 is 18.8. The van der Waals surface area contributed by atoms with E-state index in [1.54, 1.807) is 0 Å². The summed E-state index contributed by atoms with van der Waals surface area (Å²) >= 11 is 0. The number of aliphatic hydroxyl groups is 3. The number of rotatable bonds is 7. The second kappa shape index (κ2) is 6.32. The first-order valence-corrected chi connectivity index (χ1v) is 6.51. The highest BCUT2D eigenvalue weighted by atomic mass is 19.1. The van der Waals surface area contributed by atoms with E-state index in [-0.39, 0.29) is 18.6 Å². The quantitative estimate of drug-likeness (QED) is 0.700. The van der Waals surface area contributed by atoms with Gasteiger partial charge in [0.25, 0.3) is 0 Å². The molecule has 0 amide bonds. The molecule has 1 saturated carbocycles. The molecular weight excluding hydrogens is 251 g/mol. The molecular formula is C14H19FO4. The number of halogens is 1. The van der Waals surface area contributed by atoms with Crippen molar-refractivity contribution in [3.05, 3.63) is 29.6 Å². The highest BCUT2D eigenvalue weighted by Gasteiger charge is 2.25. The van der Waals surface area contributed by atoms with Crippen molar-refractivity contribution in [2.45, 2.75) is 31.5 Å². The third-order valence-corrected chi connectivity index (χ3v) is 3.25. The van der Waals surface area contributed by atoms with E-state index in [0.717, 1.165) is 18.9 Å².